The number of imidazole rings is 1. The molecule has 1 aliphatic rings. The molecule has 166 valence electrons. The topological polar surface area (TPSA) is 112 Å². The van der Waals surface area contributed by atoms with Crippen LogP contribution < -0.4 is 15.0 Å². The summed E-state index contributed by atoms with van der Waals surface area (Å²) in [5.74, 6) is 1.47. The van der Waals surface area contributed by atoms with E-state index in [-0.39, 0.29) is 17.1 Å². The summed E-state index contributed by atoms with van der Waals surface area (Å²) in [6, 6.07) is 5.95. The maximum Gasteiger partial charge on any atom is 0.226 e. The second kappa shape index (κ2) is 8.66. The summed E-state index contributed by atoms with van der Waals surface area (Å²) in [6.07, 6.45) is 6.06. The van der Waals surface area contributed by atoms with Crippen LogP contribution in [0.2, 0.25) is 5.28 Å². The van der Waals surface area contributed by atoms with Crippen LogP contribution in [0.15, 0.2) is 30.7 Å². The fraction of sp³-hybridized carbons (Fsp3) is 0.364. The van der Waals surface area contributed by atoms with Crippen LogP contribution in [-0.2, 0) is 11.2 Å². The summed E-state index contributed by atoms with van der Waals surface area (Å²) in [5, 5.41) is 4.38. The smallest absolute Gasteiger partial charge is 0.226 e. The van der Waals surface area contributed by atoms with Crippen LogP contribution in [0.25, 0.3) is 22.1 Å². The Labute approximate surface area is 189 Å². The van der Waals surface area contributed by atoms with Crippen LogP contribution in [0, 0.1) is 5.92 Å². The fourth-order valence-electron chi connectivity index (χ4n) is 4.36. The number of fused-ring (bicyclic) bond motifs is 2. The number of halogens is 1. The normalized spacial score (nSPS) is 16.6. The number of aromatic nitrogens is 5. The van der Waals surface area contributed by atoms with Crippen LogP contribution in [0.5, 0.6) is 5.75 Å². The van der Waals surface area contributed by atoms with Crippen LogP contribution >= 0.6 is 11.6 Å². The molecule has 1 atom stereocenters. The van der Waals surface area contributed by atoms with Crippen molar-refractivity contribution in [1.29, 1.82) is 0 Å². The van der Waals surface area contributed by atoms with Gasteiger partial charge in [0.15, 0.2) is 11.5 Å². The van der Waals surface area contributed by atoms with E-state index in [1.807, 2.05) is 24.4 Å². The molecule has 5 rings (SSSR count). The molecule has 4 heterocycles. The van der Waals surface area contributed by atoms with Crippen molar-refractivity contribution in [3.63, 3.8) is 0 Å². The number of nitrogens with zero attached hydrogens (tertiary/aromatic N) is 4. The molecule has 1 aliphatic heterocycles. The van der Waals surface area contributed by atoms with Gasteiger partial charge in [0.05, 0.1) is 19.4 Å². The first-order chi connectivity index (χ1) is 15.6. The number of aromatic amines is 2. The highest BCUT2D eigenvalue weighted by Crippen LogP contribution is 2.28. The molecule has 32 heavy (non-hydrogen) atoms. The summed E-state index contributed by atoms with van der Waals surface area (Å²) >= 11 is 6.08. The Morgan fingerprint density at radius 2 is 2.25 bits per heavy atom. The molecule has 1 saturated heterocycles. The predicted octanol–water partition coefficient (Wildman–Crippen LogP) is 3.07. The van der Waals surface area contributed by atoms with Crippen molar-refractivity contribution in [2.45, 2.75) is 19.3 Å². The Morgan fingerprint density at radius 1 is 1.34 bits per heavy atom. The molecule has 0 unspecified atom stereocenters. The van der Waals surface area contributed by atoms with Gasteiger partial charge in [-0.15, -0.1) is 0 Å². The van der Waals surface area contributed by atoms with E-state index >= 15 is 0 Å². The molecule has 4 aromatic rings. The molecule has 1 aromatic carbocycles. The van der Waals surface area contributed by atoms with Crippen LogP contribution in [0.1, 0.15) is 18.4 Å². The number of hydrogen-bond donors (Lipinski definition) is 3. The molecule has 3 N–H and O–H groups in total. The number of benzene rings is 1. The van der Waals surface area contributed by atoms with Gasteiger partial charge < -0.3 is 24.9 Å². The Kier molecular flexibility index (Phi) is 5.57. The molecule has 0 saturated carbocycles. The fourth-order valence-corrected chi connectivity index (χ4v) is 4.52. The van der Waals surface area contributed by atoms with Gasteiger partial charge in [0, 0.05) is 36.7 Å². The molecule has 0 radical (unpaired) electrons. The number of carbonyl (C=O) groups is 1. The average molecular weight is 454 g/mol. The lowest BCUT2D eigenvalue weighted by molar-refractivity contribution is -0.125. The number of amides is 1. The summed E-state index contributed by atoms with van der Waals surface area (Å²) in [4.78, 5) is 34.1. The van der Waals surface area contributed by atoms with E-state index in [2.05, 4.69) is 35.1 Å². The average Bonchev–Trinajstić information content (AvgIpc) is 3.45. The zero-order chi connectivity index (χ0) is 22.1. The van der Waals surface area contributed by atoms with E-state index in [4.69, 9.17) is 16.3 Å². The van der Waals surface area contributed by atoms with Gasteiger partial charge in [-0.1, -0.05) is 0 Å². The molecule has 0 spiro atoms. The van der Waals surface area contributed by atoms with Crippen molar-refractivity contribution < 1.29 is 9.53 Å². The minimum absolute atomic E-state index is 0.0631. The second-order valence-corrected chi connectivity index (χ2v) is 8.31. The first-order valence-corrected chi connectivity index (χ1v) is 11.0. The summed E-state index contributed by atoms with van der Waals surface area (Å²) in [7, 11) is 1.66. The van der Waals surface area contributed by atoms with E-state index in [9.17, 15) is 4.79 Å². The van der Waals surface area contributed by atoms with E-state index < -0.39 is 0 Å². The highest BCUT2D eigenvalue weighted by molar-refractivity contribution is 6.28. The Morgan fingerprint density at radius 3 is 3.12 bits per heavy atom. The van der Waals surface area contributed by atoms with Crippen molar-refractivity contribution in [1.82, 2.24) is 30.2 Å². The van der Waals surface area contributed by atoms with Gasteiger partial charge in [0.1, 0.15) is 11.3 Å². The lowest BCUT2D eigenvalue weighted by Crippen LogP contribution is -2.44. The molecule has 0 bridgehead atoms. The standard InChI is InChI=1S/C22H24ClN7O2/c1-32-15-4-5-17-16(9-15)13(10-25-17)6-7-24-21(31)14-3-2-8-30(11-14)20-18-19(27-12-26-18)28-22(23)29-20/h4-5,9-10,12,14,25H,2-3,6-8,11H2,1H3,(H,24,31)(H,26,27,28,29)/t14-/m1/s1. The molecule has 9 nitrogen and oxygen atoms in total. The predicted molar refractivity (Wildman–Crippen MR) is 123 cm³/mol. The molecule has 1 amide bonds. The third-order valence-corrected chi connectivity index (χ3v) is 6.17. The van der Waals surface area contributed by atoms with E-state index in [1.165, 1.54) is 0 Å². The van der Waals surface area contributed by atoms with Crippen molar-refractivity contribution in [2.75, 3.05) is 31.6 Å². The first-order valence-electron chi connectivity index (χ1n) is 10.7. The maximum atomic E-state index is 12.9. The van der Waals surface area contributed by atoms with Crippen molar-refractivity contribution >= 4 is 45.4 Å². The Balaban J connectivity index is 1.23. The van der Waals surface area contributed by atoms with Gasteiger partial charge >= 0.3 is 0 Å². The molecular formula is C22H24ClN7O2. The highest BCUT2D eigenvalue weighted by Gasteiger charge is 2.28. The molecule has 1 fully saturated rings. The number of methoxy groups -OCH3 is 1. The number of ether oxygens (including phenoxy) is 1. The number of carbonyl (C=O) groups excluding carboxylic acids is 1. The number of hydrogen-bond acceptors (Lipinski definition) is 6. The number of nitrogens with one attached hydrogen (secondary N) is 3. The van der Waals surface area contributed by atoms with Crippen LogP contribution in [-0.4, -0.2) is 57.6 Å². The SMILES string of the molecule is COc1ccc2[nH]cc(CCNC(=O)[C@@H]3CCCN(c4nc(Cl)nc5nc[nH]c45)C3)c2c1. The van der Waals surface area contributed by atoms with Gasteiger partial charge in [-0.2, -0.15) is 9.97 Å². The van der Waals surface area contributed by atoms with E-state index in [1.54, 1.807) is 13.4 Å². The largest absolute Gasteiger partial charge is 0.497 e. The van der Waals surface area contributed by atoms with Gasteiger partial charge in [-0.05, 0) is 54.6 Å². The number of rotatable bonds is 6. The molecule has 0 aliphatic carbocycles. The minimum atomic E-state index is -0.112. The van der Waals surface area contributed by atoms with Crippen LogP contribution in [0.4, 0.5) is 5.82 Å². The maximum absolute atomic E-state index is 12.9. The minimum Gasteiger partial charge on any atom is -0.497 e. The van der Waals surface area contributed by atoms with Crippen molar-refractivity contribution in [2.24, 2.45) is 5.92 Å². The quantitative estimate of drug-likeness (QED) is 0.387. The van der Waals surface area contributed by atoms with Crippen molar-refractivity contribution in [3.05, 3.63) is 41.6 Å². The van der Waals surface area contributed by atoms with E-state index in [0.29, 0.717) is 24.6 Å². The number of H-pyrrole nitrogens is 2. The summed E-state index contributed by atoms with van der Waals surface area (Å²) in [5.41, 5.74) is 3.48. The highest BCUT2D eigenvalue weighted by atomic mass is 35.5. The Hall–Kier alpha value is -3.33. The monoisotopic (exact) mass is 453 g/mol. The molecule has 10 heteroatoms. The van der Waals surface area contributed by atoms with E-state index in [0.717, 1.165) is 53.5 Å². The third-order valence-electron chi connectivity index (χ3n) is 6.00. The van der Waals surface area contributed by atoms with Gasteiger partial charge in [0.2, 0.25) is 11.2 Å². The van der Waals surface area contributed by atoms with Crippen molar-refractivity contribution in [3.8, 4) is 5.75 Å². The number of piperidine rings is 1. The Bertz CT molecular complexity index is 1270. The summed E-state index contributed by atoms with van der Waals surface area (Å²) in [6.45, 7) is 1.96. The first kappa shape index (κ1) is 20.6. The van der Waals surface area contributed by atoms with Crippen LogP contribution in [0.3, 0.4) is 0 Å². The van der Waals surface area contributed by atoms with Gasteiger partial charge in [-0.3, -0.25) is 4.79 Å². The summed E-state index contributed by atoms with van der Waals surface area (Å²) < 4.78 is 5.33. The lowest BCUT2D eigenvalue weighted by atomic mass is 9.97. The van der Waals surface area contributed by atoms with Gasteiger partial charge in [-0.25, -0.2) is 4.98 Å². The third kappa shape index (κ3) is 3.95. The zero-order valence-corrected chi connectivity index (χ0v) is 18.4. The van der Waals surface area contributed by atoms with Gasteiger partial charge in [0.25, 0.3) is 0 Å². The molecular weight excluding hydrogens is 430 g/mol. The number of anilines is 1. The molecule has 3 aromatic heterocycles. The second-order valence-electron chi connectivity index (χ2n) is 7.97. The lowest BCUT2D eigenvalue weighted by Gasteiger charge is -2.33. The zero-order valence-electron chi connectivity index (χ0n) is 17.7.